The van der Waals surface area contributed by atoms with E-state index in [-0.39, 0.29) is 33.8 Å². The summed E-state index contributed by atoms with van der Waals surface area (Å²) in [5, 5.41) is 0. The summed E-state index contributed by atoms with van der Waals surface area (Å²) in [6.45, 7) is 1.53. The van der Waals surface area contributed by atoms with E-state index in [1.54, 1.807) is 0 Å². The predicted octanol–water partition coefficient (Wildman–Crippen LogP) is 7.63. The second-order valence-electron chi connectivity index (χ2n) is 10.5. The molecule has 0 N–H and O–H groups in total. The van der Waals surface area contributed by atoms with Crippen molar-refractivity contribution in [3.63, 3.8) is 0 Å². The molecule has 0 bridgehead atoms. The minimum atomic E-state index is -0.342. The van der Waals surface area contributed by atoms with Gasteiger partial charge in [0.05, 0.1) is 13.2 Å². The first kappa shape index (κ1) is 34.5. The van der Waals surface area contributed by atoms with Crippen molar-refractivity contribution in [2.45, 2.75) is 51.1 Å². The first-order chi connectivity index (χ1) is 21.9. The number of rotatable bonds is 10. The molecule has 0 aliphatic carbocycles. The zero-order chi connectivity index (χ0) is 31.2. The molecule has 2 atom stereocenters. The predicted molar refractivity (Wildman–Crippen MR) is 203 cm³/mol. The van der Waals surface area contributed by atoms with E-state index in [1.807, 2.05) is 48.5 Å². The van der Waals surface area contributed by atoms with Gasteiger partial charge < -0.3 is 0 Å². The molecule has 0 aromatic heterocycles. The molecule has 4 aromatic carbocycles. The van der Waals surface area contributed by atoms with Gasteiger partial charge in [0, 0.05) is 0 Å². The Morgan fingerprint density at radius 2 is 0.889 bits per heavy atom. The summed E-state index contributed by atoms with van der Waals surface area (Å²) in [6, 6.07) is 25.0. The Labute approximate surface area is 328 Å². The summed E-state index contributed by atoms with van der Waals surface area (Å²) < 4.78 is 42.9. The molecule has 6 nitrogen and oxygen atoms in total. The molecule has 2 saturated heterocycles. The Kier molecular flexibility index (Phi) is 12.9. The van der Waals surface area contributed by atoms with E-state index in [4.69, 9.17) is 28.4 Å². The van der Waals surface area contributed by atoms with Crippen LogP contribution in [0.1, 0.15) is 38.5 Å². The number of hydrogen-bond donors (Lipinski definition) is 0. The van der Waals surface area contributed by atoms with E-state index < -0.39 is 0 Å². The average molecular weight is 1170 g/mol. The van der Waals surface area contributed by atoms with Crippen LogP contribution in [0.15, 0.2) is 72.8 Å². The summed E-state index contributed by atoms with van der Waals surface area (Å²) in [7, 11) is 0. The van der Waals surface area contributed by atoms with Gasteiger partial charge in [0.15, 0.2) is 0 Å². The van der Waals surface area contributed by atoms with Crippen molar-refractivity contribution in [3.05, 3.63) is 94.2 Å². The van der Waals surface area contributed by atoms with E-state index in [1.165, 1.54) is 7.14 Å². The molecule has 2 heterocycles. The Bertz CT molecular complexity index is 1470. The summed E-state index contributed by atoms with van der Waals surface area (Å²) in [5.74, 6) is 4.95. The topological polar surface area (TPSA) is 55.4 Å². The molecule has 2 aliphatic heterocycles. The number of halogens is 5. The normalized spacial score (nSPS) is 18.4. The fourth-order valence-corrected chi connectivity index (χ4v) is 9.15. The van der Waals surface area contributed by atoms with Crippen LogP contribution in [-0.2, 0) is 9.47 Å². The van der Waals surface area contributed by atoms with Crippen molar-refractivity contribution in [2.75, 3.05) is 13.2 Å². The molecule has 238 valence electrons. The van der Waals surface area contributed by atoms with Crippen molar-refractivity contribution < 1.29 is 49.6 Å². The molecule has 4 aromatic rings. The van der Waals surface area contributed by atoms with Crippen LogP contribution < -0.4 is 40.2 Å². The van der Waals surface area contributed by atoms with Gasteiger partial charge in [0.2, 0.25) is 0 Å². The summed E-state index contributed by atoms with van der Waals surface area (Å²) in [6.07, 6.45) is 6.01. The third kappa shape index (κ3) is 9.86. The quantitative estimate of drug-likeness (QED) is 0.153. The molecule has 0 amide bonds. The molecule has 45 heavy (non-hydrogen) atoms. The SMILES string of the molecule is Ic1cc(OC2CCCCO2)c(I)cc1Oc1ccc([I-]c2ccc(Oc3cc(I)c(OC4CCCCO4)cc3I)cc2)cc1. The van der Waals surface area contributed by atoms with Gasteiger partial charge >= 0.3 is 294 Å². The molecule has 0 spiro atoms. The summed E-state index contributed by atoms with van der Waals surface area (Å²) in [5.41, 5.74) is 0. The van der Waals surface area contributed by atoms with Gasteiger partial charge in [-0.25, -0.2) is 0 Å². The van der Waals surface area contributed by atoms with Gasteiger partial charge in [-0.15, -0.1) is 0 Å². The number of benzene rings is 4. The fraction of sp³-hybridized carbons (Fsp3) is 0.294. The van der Waals surface area contributed by atoms with Gasteiger partial charge in [-0.2, -0.15) is 0 Å². The summed E-state index contributed by atoms with van der Waals surface area (Å²) in [4.78, 5) is 0. The van der Waals surface area contributed by atoms with E-state index in [2.05, 4.69) is 115 Å². The maximum atomic E-state index is 6.26. The summed E-state index contributed by atoms with van der Waals surface area (Å²) >= 11 is 8.87. The van der Waals surface area contributed by atoms with Crippen LogP contribution in [0.4, 0.5) is 0 Å². The zero-order valence-electron chi connectivity index (χ0n) is 24.1. The van der Waals surface area contributed by atoms with Crippen molar-refractivity contribution in [3.8, 4) is 34.5 Å². The Morgan fingerprint density at radius 1 is 0.511 bits per heavy atom. The third-order valence-electron chi connectivity index (χ3n) is 7.07. The van der Waals surface area contributed by atoms with Crippen LogP contribution in [0, 0.1) is 21.4 Å². The molecule has 0 radical (unpaired) electrons. The van der Waals surface area contributed by atoms with Crippen molar-refractivity contribution in [1.82, 2.24) is 0 Å². The van der Waals surface area contributed by atoms with Crippen LogP contribution in [0.3, 0.4) is 0 Å². The van der Waals surface area contributed by atoms with Gasteiger partial charge in [-0.05, 0) is 25.7 Å². The molecule has 11 heteroatoms. The molecule has 2 aliphatic rings. The van der Waals surface area contributed by atoms with Gasteiger partial charge in [0.1, 0.15) is 0 Å². The zero-order valence-corrected chi connectivity index (χ0v) is 34.9. The Morgan fingerprint density at radius 3 is 1.27 bits per heavy atom. The third-order valence-corrected chi connectivity index (χ3v) is 13.1. The monoisotopic (exact) mass is 1170 g/mol. The molecule has 0 saturated carbocycles. The second-order valence-corrected chi connectivity index (χ2v) is 18.1. The van der Waals surface area contributed by atoms with Crippen LogP contribution >= 0.6 is 90.4 Å². The maximum absolute atomic E-state index is 6.26. The second kappa shape index (κ2) is 16.8. The Balaban J connectivity index is 1.03. The van der Waals surface area contributed by atoms with Crippen molar-refractivity contribution in [2.24, 2.45) is 0 Å². The van der Waals surface area contributed by atoms with Gasteiger partial charge in [0.25, 0.3) is 0 Å². The standard InChI is InChI=1S/C34H30I5O6/c35-25-19-31(44-33-5-1-3-15-40-33)27(37)17-29(25)42-23-11-7-21(8-12-23)39-22-9-13-24(14-10-22)43-30-18-28(38)32(20-26(30)36)45-34-6-2-4-16-41-34/h7-14,17-20,33-34H,1-6,15-16H2/q-1. The van der Waals surface area contributed by atoms with Crippen LogP contribution in [0.25, 0.3) is 0 Å². The minimum absolute atomic E-state index is 0.165. The molecule has 2 fully saturated rings. The van der Waals surface area contributed by atoms with Gasteiger partial charge in [-0.1, -0.05) is 0 Å². The number of ether oxygens (including phenoxy) is 6. The van der Waals surface area contributed by atoms with Crippen molar-refractivity contribution in [1.29, 1.82) is 0 Å². The van der Waals surface area contributed by atoms with Crippen molar-refractivity contribution >= 4 is 90.4 Å². The molecule has 2 unspecified atom stereocenters. The molecular weight excluding hydrogens is 1140 g/mol. The van der Waals surface area contributed by atoms with E-state index in [0.29, 0.717) is 0 Å². The fourth-order valence-electron chi connectivity index (χ4n) is 4.76. The average Bonchev–Trinajstić information content (AvgIpc) is 3.05. The van der Waals surface area contributed by atoms with E-state index in [9.17, 15) is 0 Å². The first-order valence-electron chi connectivity index (χ1n) is 14.6. The van der Waals surface area contributed by atoms with Crippen LogP contribution in [0.2, 0.25) is 0 Å². The molecule has 6 rings (SSSR count). The number of hydrogen-bond acceptors (Lipinski definition) is 6. The van der Waals surface area contributed by atoms with E-state index in [0.717, 1.165) is 101 Å². The van der Waals surface area contributed by atoms with Crippen LogP contribution in [0.5, 0.6) is 34.5 Å². The first-order valence-corrected chi connectivity index (χ1v) is 21.1. The Hall–Kier alpha value is -0.350. The molecular formula is C34H30I5O6-. The van der Waals surface area contributed by atoms with E-state index >= 15 is 0 Å². The van der Waals surface area contributed by atoms with Gasteiger partial charge in [-0.3, -0.25) is 0 Å². The van der Waals surface area contributed by atoms with Crippen LogP contribution in [-0.4, -0.2) is 25.8 Å².